The smallest absolute Gasteiger partial charge is 0.349 e. The van der Waals surface area contributed by atoms with Gasteiger partial charge >= 0.3 is 11.9 Å². The molecule has 14 rings (SSSR count). The van der Waals surface area contributed by atoms with Crippen LogP contribution in [0.5, 0.6) is 46.0 Å². The van der Waals surface area contributed by atoms with Gasteiger partial charge in [0.05, 0.1) is 22.3 Å². The molecule has 2 fully saturated rings. The molecule has 6 atom stereocenters. The molecule has 9 aromatic carbocycles. The van der Waals surface area contributed by atoms with Crippen LogP contribution in [0.1, 0.15) is 126 Å². The standard InChI is InChI=1S/C87H76Cl2N6O14/c1-7-52(36-39-90-6)42-66(84(100)92(8-2)54-24-22-34-60(44-54)108-86(102)50(4)88)94-80(96)62-46-68(104-56-26-14-10-15-27-56)74-76-70(106-58-30-18-12-19-31-58)48-64-73-65(83(99)95(82(64)98)67(43-53-37-40-91-41-38-53)85(101)93(9-3)55-25-23-35-61(45-55)109-87(103)51(5)89)49-71(107-59-32-20-13-21-33-59)77(79(73)76)75-69(105-57-28-16-11-17-29-57)47-63(81(94)97)72(62)78(74)75/h7,10-21,26-33,36-41,46-49,54-55,60-61,66-67H,4-6,8-9,22-25,34-35,42-45H2,1-3H3/b39-36-,52-7+. The molecule has 0 spiro atoms. The van der Waals surface area contributed by atoms with Crippen molar-refractivity contribution in [1.82, 2.24) is 24.6 Å². The number of allylic oxidation sites excluding steroid dienone is 2. The average Bonchev–Trinajstić information content (AvgIpc) is 0.670. The molecular formula is C87H76Cl2N6O14. The highest BCUT2D eigenvalue weighted by Crippen LogP contribution is 2.58. The van der Waals surface area contributed by atoms with E-state index >= 15 is 28.8 Å². The quantitative estimate of drug-likeness (QED) is 0.00933. The monoisotopic (exact) mass is 1500 g/mol. The Kier molecular flexibility index (Phi) is 21.6. The van der Waals surface area contributed by atoms with E-state index < -0.39 is 83.8 Å². The van der Waals surface area contributed by atoms with Crippen LogP contribution in [0, 0.1) is 0 Å². The lowest BCUT2D eigenvalue weighted by molar-refractivity contribution is -0.149. The van der Waals surface area contributed by atoms with Crippen molar-refractivity contribution in [1.29, 1.82) is 0 Å². The van der Waals surface area contributed by atoms with E-state index in [0.29, 0.717) is 72.7 Å². The molecule has 2 saturated carbocycles. The summed E-state index contributed by atoms with van der Waals surface area (Å²) in [6.07, 6.45) is 10.1. The number of carbonyl (C=O) groups excluding carboxylic acids is 8. The Labute approximate surface area is 638 Å². The number of benzene rings is 9. The second-order valence-corrected chi connectivity index (χ2v) is 28.1. The number of rotatable bonds is 26. The first-order valence-electron chi connectivity index (χ1n) is 36.3. The van der Waals surface area contributed by atoms with Gasteiger partial charge in [0.2, 0.25) is 11.8 Å². The number of pyridine rings is 1. The maximum atomic E-state index is 16.7. The molecule has 109 heavy (non-hydrogen) atoms. The minimum atomic E-state index is -1.53. The second kappa shape index (κ2) is 31.8. The van der Waals surface area contributed by atoms with Gasteiger partial charge in [-0.1, -0.05) is 115 Å². The zero-order valence-electron chi connectivity index (χ0n) is 60.1. The van der Waals surface area contributed by atoms with Gasteiger partial charge in [0.25, 0.3) is 23.6 Å². The fourth-order valence-electron chi connectivity index (χ4n) is 15.9. The number of hydrogen-bond acceptors (Lipinski definition) is 16. The van der Waals surface area contributed by atoms with E-state index in [1.807, 2.05) is 38.1 Å². The third kappa shape index (κ3) is 14.5. The number of carbonyl (C=O) groups is 8. The molecule has 10 aromatic rings. The maximum absolute atomic E-state index is 16.7. The summed E-state index contributed by atoms with van der Waals surface area (Å²) in [5.74, 6) is -4.66. The topological polar surface area (TPSA) is 230 Å². The van der Waals surface area contributed by atoms with Gasteiger partial charge in [-0.05, 0) is 168 Å². The van der Waals surface area contributed by atoms with Crippen molar-refractivity contribution in [2.45, 2.75) is 121 Å². The van der Waals surface area contributed by atoms with Crippen LogP contribution in [0.2, 0.25) is 0 Å². The molecule has 3 heterocycles. The van der Waals surface area contributed by atoms with Gasteiger partial charge in [-0.15, -0.1) is 0 Å². The van der Waals surface area contributed by atoms with E-state index in [1.54, 1.807) is 175 Å². The van der Waals surface area contributed by atoms with Crippen molar-refractivity contribution >= 4 is 120 Å². The molecular weight excluding hydrogens is 1420 g/mol. The molecule has 0 saturated heterocycles. The fraction of sp³-hybridized carbons (Fsp3) is 0.241. The molecule has 6 amide bonds. The predicted octanol–water partition coefficient (Wildman–Crippen LogP) is 17.9. The average molecular weight is 1500 g/mol. The Bertz CT molecular complexity index is 5160. The molecule has 0 bridgehead atoms. The van der Waals surface area contributed by atoms with Crippen molar-refractivity contribution in [3.05, 3.63) is 245 Å². The third-order valence-corrected chi connectivity index (χ3v) is 21.0. The molecule has 6 unspecified atom stereocenters. The van der Waals surface area contributed by atoms with Crippen molar-refractivity contribution in [2.75, 3.05) is 13.1 Å². The second-order valence-electron chi connectivity index (χ2n) is 27.2. The van der Waals surface area contributed by atoms with Gasteiger partial charge < -0.3 is 38.2 Å². The molecule has 552 valence electrons. The lowest BCUT2D eigenvalue weighted by Crippen LogP contribution is -2.58. The largest absolute Gasteiger partial charge is 0.458 e. The van der Waals surface area contributed by atoms with E-state index in [9.17, 15) is 9.59 Å². The summed E-state index contributed by atoms with van der Waals surface area (Å²) in [6, 6.07) is 41.0. The molecule has 20 nitrogen and oxygen atoms in total. The van der Waals surface area contributed by atoms with Gasteiger partial charge in [-0.3, -0.25) is 48.5 Å². The number of likely N-dealkylation sites (N-methyl/N-ethyl adjacent to an activating group) is 2. The van der Waals surface area contributed by atoms with E-state index in [0.717, 1.165) is 9.80 Å². The number of aromatic nitrogens is 1. The van der Waals surface area contributed by atoms with Gasteiger partial charge in [-0.2, -0.15) is 0 Å². The highest BCUT2D eigenvalue weighted by Gasteiger charge is 2.49. The summed E-state index contributed by atoms with van der Waals surface area (Å²) >= 11 is 12.0. The van der Waals surface area contributed by atoms with Gasteiger partial charge in [-0.25, -0.2) is 9.59 Å². The number of hydrogen-bond donors (Lipinski definition) is 0. The highest BCUT2D eigenvalue weighted by atomic mass is 35.5. The number of para-hydroxylation sites is 4. The van der Waals surface area contributed by atoms with Crippen LogP contribution in [-0.4, -0.2) is 128 Å². The lowest BCUT2D eigenvalue weighted by atomic mass is 9.80. The van der Waals surface area contributed by atoms with Crippen LogP contribution < -0.4 is 18.9 Å². The van der Waals surface area contributed by atoms with E-state index in [-0.39, 0.29) is 137 Å². The SMILES string of the molecule is C=N/C=C\C(=C/C)CC(C(=O)N(CC)C1CCCC(OC(=O)C(=C)Cl)C1)N1C(=O)c2cc(Oc3ccccc3)c3c4c(Oc5ccccc5)cc5c6c(cc(Oc7ccccc7)c(c7c(Oc8ccccc8)cc(c2c37)C1=O)c64)C(=O)N(C(Cc1ccncc1)C(=O)N(CC)C1CCCC(OC(=O)C(=C)Cl)C1)C5=O. The number of nitrogens with zero attached hydrogens (tertiary/aromatic N) is 6. The summed E-state index contributed by atoms with van der Waals surface area (Å²) < 4.78 is 40.3. The van der Waals surface area contributed by atoms with Crippen LogP contribution in [0.25, 0.3) is 43.1 Å². The molecule has 0 N–H and O–H groups in total. The van der Waals surface area contributed by atoms with E-state index in [1.165, 1.54) is 6.20 Å². The Morgan fingerprint density at radius 3 is 1.19 bits per heavy atom. The van der Waals surface area contributed by atoms with Crippen molar-refractivity contribution in [2.24, 2.45) is 4.99 Å². The summed E-state index contributed by atoms with van der Waals surface area (Å²) in [5, 5.41) is 1.14. The van der Waals surface area contributed by atoms with Crippen LogP contribution >= 0.6 is 23.2 Å². The van der Waals surface area contributed by atoms with Crippen LogP contribution in [0.3, 0.4) is 0 Å². The summed E-state index contributed by atoms with van der Waals surface area (Å²) in [4.78, 5) is 138. The van der Waals surface area contributed by atoms with Crippen LogP contribution in [0.15, 0.2) is 222 Å². The number of amides is 6. The molecule has 2 aliphatic heterocycles. The zero-order chi connectivity index (χ0) is 76.3. The maximum Gasteiger partial charge on any atom is 0.349 e. The van der Waals surface area contributed by atoms with Gasteiger partial charge in [0.1, 0.15) is 80.4 Å². The number of ether oxygens (including phenoxy) is 6. The van der Waals surface area contributed by atoms with Crippen LogP contribution in [0.4, 0.5) is 0 Å². The lowest BCUT2D eigenvalue weighted by Gasteiger charge is -2.41. The van der Waals surface area contributed by atoms with Crippen molar-refractivity contribution in [3.8, 4) is 46.0 Å². The molecule has 4 aliphatic rings. The number of aliphatic imine (C=N–C) groups is 1. The molecule has 0 radical (unpaired) electrons. The number of imide groups is 2. The minimum Gasteiger partial charge on any atom is -0.458 e. The Balaban J connectivity index is 1.06. The van der Waals surface area contributed by atoms with Crippen molar-refractivity contribution in [3.63, 3.8) is 0 Å². The number of fused-ring (bicyclic) bond motifs is 2. The Hall–Kier alpha value is -12.0. The minimum absolute atomic E-state index is 0.0369. The molecule has 22 heteroatoms. The first kappa shape index (κ1) is 73.9. The summed E-state index contributed by atoms with van der Waals surface area (Å²) in [5.41, 5.74) is 0.950. The number of esters is 2. The first-order valence-corrected chi connectivity index (χ1v) is 37.0. The van der Waals surface area contributed by atoms with Crippen LogP contribution in [-0.2, 0) is 35.1 Å². The summed E-state index contributed by atoms with van der Waals surface area (Å²) in [6.45, 7) is 16.4. The Morgan fingerprint density at radius 2 is 0.862 bits per heavy atom. The van der Waals surface area contributed by atoms with Gasteiger partial charge in [0.15, 0.2) is 0 Å². The fourth-order valence-corrected chi connectivity index (χ4v) is 16.0. The summed E-state index contributed by atoms with van der Waals surface area (Å²) in [7, 11) is 0. The highest BCUT2D eigenvalue weighted by molar-refractivity contribution is 6.45. The van der Waals surface area contributed by atoms with Crippen molar-refractivity contribution < 1.29 is 66.8 Å². The van der Waals surface area contributed by atoms with E-state index in [4.69, 9.17) is 51.6 Å². The molecule has 1 aromatic heterocycles. The Morgan fingerprint density at radius 1 is 0.514 bits per heavy atom. The van der Waals surface area contributed by atoms with Gasteiger partial charge in [0, 0.05) is 113 Å². The number of halogens is 2. The molecule has 2 aliphatic carbocycles. The predicted molar refractivity (Wildman–Crippen MR) is 416 cm³/mol. The zero-order valence-corrected chi connectivity index (χ0v) is 61.6. The third-order valence-electron chi connectivity index (χ3n) is 20.7. The first-order chi connectivity index (χ1) is 52.9. The van der Waals surface area contributed by atoms with E-state index in [2.05, 4.69) is 29.9 Å². The normalized spacial score (nSPS) is 17.7.